The number of piperidine rings is 1. The van der Waals surface area contributed by atoms with Gasteiger partial charge in [-0.2, -0.15) is 0 Å². The fourth-order valence-corrected chi connectivity index (χ4v) is 5.55. The number of carbonyl (C=O) groups excluding carboxylic acids is 3. The van der Waals surface area contributed by atoms with Crippen molar-refractivity contribution >= 4 is 40.3 Å². The molecule has 2 aromatic carbocycles. The molecule has 1 aliphatic carbocycles. The predicted octanol–water partition coefficient (Wildman–Crippen LogP) is 3.13. The Labute approximate surface area is 211 Å². The maximum Gasteiger partial charge on any atom is 0.323 e. The number of likely N-dealkylation sites (tertiary alicyclic amines) is 1. The lowest BCUT2D eigenvalue weighted by Gasteiger charge is -2.29. The number of nitrogens with two attached hydrogens (primary N) is 1. The summed E-state index contributed by atoms with van der Waals surface area (Å²) in [6, 6.07) is 9.56. The molecule has 2 aliphatic rings. The molecular formula is C26H26ClFN4O4. The Morgan fingerprint density at radius 3 is 2.69 bits per heavy atom. The second kappa shape index (κ2) is 9.55. The van der Waals surface area contributed by atoms with Crippen molar-refractivity contribution in [2.24, 2.45) is 11.7 Å². The first-order valence-corrected chi connectivity index (χ1v) is 12.2. The van der Waals surface area contributed by atoms with Crippen LogP contribution in [-0.2, 0) is 16.0 Å². The normalized spacial score (nSPS) is 21.3. The molecule has 0 unspecified atom stereocenters. The summed E-state index contributed by atoms with van der Waals surface area (Å²) in [7, 11) is 0. The van der Waals surface area contributed by atoms with Crippen LogP contribution in [0.5, 0.6) is 0 Å². The molecule has 1 saturated carbocycles. The molecule has 10 heteroatoms. The van der Waals surface area contributed by atoms with E-state index >= 15 is 0 Å². The number of aliphatic hydroxyl groups excluding tert-OH is 1. The van der Waals surface area contributed by atoms with Crippen LogP contribution in [0.1, 0.15) is 36.4 Å². The van der Waals surface area contributed by atoms with Crippen LogP contribution in [0.2, 0.25) is 5.02 Å². The number of carbonyl (C=O) groups is 3. The zero-order chi connectivity index (χ0) is 25.6. The van der Waals surface area contributed by atoms with Crippen LogP contribution in [0, 0.1) is 11.7 Å². The van der Waals surface area contributed by atoms with E-state index in [0.29, 0.717) is 17.5 Å². The lowest BCUT2D eigenvalue weighted by Crippen LogP contribution is -2.49. The van der Waals surface area contributed by atoms with E-state index in [1.54, 1.807) is 29.3 Å². The van der Waals surface area contributed by atoms with Crippen molar-refractivity contribution < 1.29 is 23.9 Å². The van der Waals surface area contributed by atoms with Crippen LogP contribution < -0.4 is 11.1 Å². The van der Waals surface area contributed by atoms with Gasteiger partial charge in [0, 0.05) is 29.8 Å². The van der Waals surface area contributed by atoms with Crippen molar-refractivity contribution in [2.75, 3.05) is 6.61 Å². The average Bonchev–Trinajstić information content (AvgIpc) is 3.35. The second-order valence-corrected chi connectivity index (χ2v) is 9.80. The Bertz CT molecular complexity index is 1360. The molecule has 0 bridgehead atoms. The number of halogens is 2. The van der Waals surface area contributed by atoms with E-state index < -0.39 is 29.8 Å². The minimum Gasteiger partial charge on any atom is -0.396 e. The lowest BCUT2D eigenvalue weighted by molar-refractivity contribution is -0.139. The number of hydrogen-bond donors (Lipinski definition) is 3. The molecule has 4 N–H and O–H groups in total. The fourth-order valence-electron chi connectivity index (χ4n) is 5.37. The van der Waals surface area contributed by atoms with Gasteiger partial charge in [-0.15, -0.1) is 0 Å². The number of hydrogen-bond acceptors (Lipinski definition) is 4. The summed E-state index contributed by atoms with van der Waals surface area (Å²) in [4.78, 5) is 40.3. The first-order chi connectivity index (χ1) is 17.3. The Morgan fingerprint density at radius 2 is 1.94 bits per heavy atom. The Balaban J connectivity index is 1.37. The summed E-state index contributed by atoms with van der Waals surface area (Å²) in [5.41, 5.74) is 6.95. The molecule has 188 valence electrons. The quantitative estimate of drug-likeness (QED) is 0.450. The summed E-state index contributed by atoms with van der Waals surface area (Å²) >= 11 is 5.92. The van der Waals surface area contributed by atoms with Gasteiger partial charge in [0.25, 0.3) is 0 Å². The van der Waals surface area contributed by atoms with Gasteiger partial charge in [-0.1, -0.05) is 41.9 Å². The van der Waals surface area contributed by atoms with Gasteiger partial charge in [0.15, 0.2) is 0 Å². The molecule has 36 heavy (non-hydrogen) atoms. The maximum absolute atomic E-state index is 14.6. The molecule has 0 spiro atoms. The SMILES string of the molecule is NC(=O)n1cc(CC(=O)N2[C@@H]3C[C@@H]3C[C@H]2C(=O)N[C@H](CCO)c2cccc(Cl)c2F)c2ccccc21. The molecule has 4 atom stereocenters. The Morgan fingerprint density at radius 1 is 1.17 bits per heavy atom. The minimum atomic E-state index is -0.788. The average molecular weight is 513 g/mol. The number of benzene rings is 2. The van der Waals surface area contributed by atoms with Gasteiger partial charge in [-0.05, 0) is 42.9 Å². The van der Waals surface area contributed by atoms with Gasteiger partial charge in [-0.25, -0.2) is 9.18 Å². The summed E-state index contributed by atoms with van der Waals surface area (Å²) in [6.45, 7) is -0.264. The van der Waals surface area contributed by atoms with Gasteiger partial charge >= 0.3 is 6.03 Å². The van der Waals surface area contributed by atoms with E-state index in [9.17, 15) is 23.9 Å². The molecule has 8 nitrogen and oxygen atoms in total. The minimum absolute atomic E-state index is 0.0107. The number of aromatic nitrogens is 1. The molecule has 3 amide bonds. The van der Waals surface area contributed by atoms with Crippen molar-refractivity contribution in [2.45, 2.75) is 43.8 Å². The van der Waals surface area contributed by atoms with E-state index in [4.69, 9.17) is 17.3 Å². The van der Waals surface area contributed by atoms with E-state index in [2.05, 4.69) is 5.32 Å². The van der Waals surface area contributed by atoms with Crippen LogP contribution in [0.3, 0.4) is 0 Å². The molecule has 5 rings (SSSR count). The molecule has 1 aromatic heterocycles. The number of primary amides is 1. The number of nitrogens with zero attached hydrogens (tertiary/aromatic N) is 2. The number of aliphatic hydroxyl groups is 1. The van der Waals surface area contributed by atoms with Crippen molar-refractivity contribution in [3.63, 3.8) is 0 Å². The summed E-state index contributed by atoms with van der Waals surface area (Å²) in [5.74, 6) is -1.02. The van der Waals surface area contributed by atoms with E-state index in [1.165, 1.54) is 16.7 Å². The lowest BCUT2D eigenvalue weighted by atomic mass is 10.0. The summed E-state index contributed by atoms with van der Waals surface area (Å²) in [6.07, 6.45) is 3.04. The number of nitrogens with one attached hydrogen (secondary N) is 1. The van der Waals surface area contributed by atoms with Crippen molar-refractivity contribution in [1.29, 1.82) is 0 Å². The van der Waals surface area contributed by atoms with Gasteiger partial charge in [0.1, 0.15) is 11.9 Å². The third-order valence-electron chi connectivity index (χ3n) is 7.16. The van der Waals surface area contributed by atoms with Gasteiger partial charge in [0.05, 0.1) is 23.0 Å². The highest BCUT2D eigenvalue weighted by Crippen LogP contribution is 2.48. The van der Waals surface area contributed by atoms with Crippen molar-refractivity contribution in [3.8, 4) is 0 Å². The smallest absolute Gasteiger partial charge is 0.323 e. The van der Waals surface area contributed by atoms with E-state index in [0.717, 1.165) is 11.8 Å². The first-order valence-electron chi connectivity index (χ1n) is 11.8. The van der Waals surface area contributed by atoms with Crippen LogP contribution in [-0.4, -0.2) is 51.1 Å². The highest BCUT2D eigenvalue weighted by molar-refractivity contribution is 6.30. The van der Waals surface area contributed by atoms with E-state index in [-0.39, 0.29) is 47.9 Å². The molecule has 2 heterocycles. The highest BCUT2D eigenvalue weighted by Gasteiger charge is 2.56. The maximum atomic E-state index is 14.6. The molecular weight excluding hydrogens is 487 g/mol. The largest absolute Gasteiger partial charge is 0.396 e. The fraction of sp³-hybridized carbons (Fsp3) is 0.346. The first kappa shape index (κ1) is 24.3. The molecule has 1 aliphatic heterocycles. The standard InChI is InChI=1S/C26H26ClFN4O4/c27-18-6-3-5-17(24(18)28)19(8-9-33)30-25(35)22-11-14-10-21(14)32(22)23(34)12-15-13-31(26(29)36)20-7-2-1-4-16(15)20/h1-7,13-14,19,21-22,33H,8-12H2,(H2,29,36)(H,30,35)/t14-,19-,21-,22+/m1/s1. The highest BCUT2D eigenvalue weighted by atomic mass is 35.5. The number of para-hydroxylation sites is 1. The number of rotatable bonds is 7. The molecule has 0 radical (unpaired) electrons. The summed E-state index contributed by atoms with van der Waals surface area (Å²) < 4.78 is 16.0. The van der Waals surface area contributed by atoms with Gasteiger partial charge in [-0.3, -0.25) is 14.2 Å². The number of fused-ring (bicyclic) bond motifs is 2. The van der Waals surface area contributed by atoms with Crippen LogP contribution in [0.15, 0.2) is 48.7 Å². The topological polar surface area (TPSA) is 118 Å². The molecule has 3 aromatic rings. The van der Waals surface area contributed by atoms with Gasteiger partial charge < -0.3 is 21.1 Å². The number of amides is 3. The van der Waals surface area contributed by atoms with Crippen LogP contribution >= 0.6 is 11.6 Å². The Hall–Kier alpha value is -3.43. The zero-order valence-corrected chi connectivity index (χ0v) is 20.1. The predicted molar refractivity (Wildman–Crippen MR) is 132 cm³/mol. The third-order valence-corrected chi connectivity index (χ3v) is 7.45. The molecule has 2 fully saturated rings. The van der Waals surface area contributed by atoms with Crippen molar-refractivity contribution in [1.82, 2.24) is 14.8 Å². The molecule has 1 saturated heterocycles. The van der Waals surface area contributed by atoms with Gasteiger partial charge in [0.2, 0.25) is 11.8 Å². The third kappa shape index (κ3) is 4.33. The van der Waals surface area contributed by atoms with Crippen LogP contribution in [0.25, 0.3) is 10.9 Å². The second-order valence-electron chi connectivity index (χ2n) is 9.39. The van der Waals surface area contributed by atoms with Crippen LogP contribution in [0.4, 0.5) is 9.18 Å². The Kier molecular flexibility index (Phi) is 6.44. The summed E-state index contributed by atoms with van der Waals surface area (Å²) in [5, 5.41) is 13.0. The monoisotopic (exact) mass is 512 g/mol. The van der Waals surface area contributed by atoms with E-state index in [1.807, 2.05) is 12.1 Å². The zero-order valence-electron chi connectivity index (χ0n) is 19.4. The van der Waals surface area contributed by atoms with Crippen molar-refractivity contribution in [3.05, 3.63) is 70.6 Å².